The van der Waals surface area contributed by atoms with Gasteiger partial charge in [0.1, 0.15) is 0 Å². The van der Waals surface area contributed by atoms with Crippen molar-refractivity contribution in [1.82, 2.24) is 0 Å². The molecule has 0 heterocycles. The number of carbonyl (C=O) groups is 1. The Morgan fingerprint density at radius 3 is 2.71 bits per heavy atom. The van der Waals surface area contributed by atoms with Crippen molar-refractivity contribution >= 4 is 5.97 Å². The summed E-state index contributed by atoms with van der Waals surface area (Å²) in [6.07, 6.45) is 4.15. The fourth-order valence-electron chi connectivity index (χ4n) is 1.73. The molecule has 0 saturated heterocycles. The minimum absolute atomic E-state index is 0.159. The Morgan fingerprint density at radius 1 is 1.50 bits per heavy atom. The third kappa shape index (κ3) is 2.06. The van der Waals surface area contributed by atoms with Crippen LogP contribution in [0.4, 0.5) is 0 Å². The van der Waals surface area contributed by atoms with Crippen LogP contribution in [0.3, 0.4) is 0 Å². The van der Waals surface area contributed by atoms with E-state index < -0.39 is 0 Å². The molecule has 0 amide bonds. The van der Waals surface area contributed by atoms with Gasteiger partial charge in [-0.3, -0.25) is 0 Å². The van der Waals surface area contributed by atoms with Gasteiger partial charge >= 0.3 is 5.97 Å². The zero-order valence-electron chi connectivity index (χ0n) is 9.33. The first-order valence-electron chi connectivity index (χ1n) is 5.14. The van der Waals surface area contributed by atoms with Gasteiger partial charge in [0.05, 0.1) is 6.61 Å². The Morgan fingerprint density at radius 2 is 2.14 bits per heavy atom. The van der Waals surface area contributed by atoms with E-state index in [-0.39, 0.29) is 11.9 Å². The lowest BCUT2D eigenvalue weighted by molar-refractivity contribution is -0.139. The number of hydrogen-bond acceptors (Lipinski definition) is 2. The van der Waals surface area contributed by atoms with E-state index in [2.05, 4.69) is 19.9 Å². The lowest BCUT2D eigenvalue weighted by Crippen LogP contribution is -2.21. The molecule has 0 radical (unpaired) electrons. The standard InChI is InChI=1S/C12H18O2/c1-5-14-12(13)11-9(3)7-6-8(2)10(11)4/h6-8,10H,5H2,1-4H3. The van der Waals surface area contributed by atoms with Crippen molar-refractivity contribution in [2.45, 2.75) is 27.7 Å². The summed E-state index contributed by atoms with van der Waals surface area (Å²) < 4.78 is 5.04. The van der Waals surface area contributed by atoms with E-state index in [1.54, 1.807) is 0 Å². The summed E-state index contributed by atoms with van der Waals surface area (Å²) in [4.78, 5) is 11.7. The number of ether oxygens (including phenoxy) is 1. The van der Waals surface area contributed by atoms with Crippen LogP contribution in [0.15, 0.2) is 23.3 Å². The fraction of sp³-hybridized carbons (Fsp3) is 0.583. The SMILES string of the molecule is CCOC(=O)C1=C(C)C=CC(C)C1C. The maximum atomic E-state index is 11.7. The molecule has 0 saturated carbocycles. The molecule has 0 N–H and O–H groups in total. The molecule has 2 heteroatoms. The van der Waals surface area contributed by atoms with Crippen LogP contribution in [-0.4, -0.2) is 12.6 Å². The molecule has 1 aliphatic rings. The van der Waals surface area contributed by atoms with Crippen LogP contribution in [0, 0.1) is 11.8 Å². The Kier molecular flexibility index (Phi) is 3.50. The lowest BCUT2D eigenvalue weighted by Gasteiger charge is -2.24. The quantitative estimate of drug-likeness (QED) is 0.632. The first-order chi connectivity index (χ1) is 6.57. The summed E-state index contributed by atoms with van der Waals surface area (Å²) >= 11 is 0. The predicted molar refractivity (Wildman–Crippen MR) is 56.8 cm³/mol. The number of allylic oxidation sites excluding steroid dienone is 3. The van der Waals surface area contributed by atoms with Crippen LogP contribution in [-0.2, 0) is 9.53 Å². The van der Waals surface area contributed by atoms with E-state index in [1.165, 1.54) is 0 Å². The number of rotatable bonds is 2. The van der Waals surface area contributed by atoms with Gasteiger partial charge < -0.3 is 4.74 Å². The minimum atomic E-state index is -0.159. The third-order valence-electron chi connectivity index (χ3n) is 2.81. The second-order valence-corrected chi connectivity index (χ2v) is 3.82. The van der Waals surface area contributed by atoms with Crippen LogP contribution >= 0.6 is 0 Å². The summed E-state index contributed by atoms with van der Waals surface area (Å²) in [7, 11) is 0. The van der Waals surface area contributed by atoms with Crippen molar-refractivity contribution < 1.29 is 9.53 Å². The van der Waals surface area contributed by atoms with Gasteiger partial charge in [-0.15, -0.1) is 0 Å². The topological polar surface area (TPSA) is 26.3 Å². The monoisotopic (exact) mass is 194 g/mol. The highest BCUT2D eigenvalue weighted by Gasteiger charge is 2.26. The highest BCUT2D eigenvalue weighted by atomic mass is 16.5. The average Bonchev–Trinajstić information content (AvgIpc) is 2.13. The Labute approximate surface area is 85.6 Å². The highest BCUT2D eigenvalue weighted by Crippen LogP contribution is 2.30. The molecule has 2 unspecified atom stereocenters. The zero-order chi connectivity index (χ0) is 10.7. The summed E-state index contributed by atoms with van der Waals surface area (Å²) in [6.45, 7) is 8.43. The molecule has 0 bridgehead atoms. The summed E-state index contributed by atoms with van der Waals surface area (Å²) in [6, 6.07) is 0. The number of hydrogen-bond donors (Lipinski definition) is 0. The van der Waals surface area contributed by atoms with Crippen molar-refractivity contribution in [3.8, 4) is 0 Å². The van der Waals surface area contributed by atoms with E-state index >= 15 is 0 Å². The van der Waals surface area contributed by atoms with E-state index in [0.29, 0.717) is 12.5 Å². The summed E-state index contributed by atoms with van der Waals surface area (Å²) in [5.41, 5.74) is 1.87. The van der Waals surface area contributed by atoms with Crippen LogP contribution in [0.5, 0.6) is 0 Å². The van der Waals surface area contributed by atoms with Crippen molar-refractivity contribution in [2.24, 2.45) is 11.8 Å². The molecule has 0 aromatic rings. The minimum Gasteiger partial charge on any atom is -0.463 e. The highest BCUT2D eigenvalue weighted by molar-refractivity contribution is 5.90. The molecule has 0 fully saturated rings. The van der Waals surface area contributed by atoms with E-state index in [0.717, 1.165) is 11.1 Å². The first-order valence-corrected chi connectivity index (χ1v) is 5.14. The van der Waals surface area contributed by atoms with Crippen molar-refractivity contribution in [3.05, 3.63) is 23.3 Å². The second kappa shape index (κ2) is 4.45. The first kappa shape index (κ1) is 11.0. The van der Waals surface area contributed by atoms with Crippen molar-refractivity contribution in [2.75, 3.05) is 6.61 Å². The molecular weight excluding hydrogens is 176 g/mol. The third-order valence-corrected chi connectivity index (χ3v) is 2.81. The second-order valence-electron chi connectivity index (χ2n) is 3.82. The van der Waals surface area contributed by atoms with Crippen molar-refractivity contribution in [3.63, 3.8) is 0 Å². The van der Waals surface area contributed by atoms with Gasteiger partial charge in [0, 0.05) is 5.57 Å². The van der Waals surface area contributed by atoms with E-state index in [9.17, 15) is 4.79 Å². The van der Waals surface area contributed by atoms with Gasteiger partial charge in [0.25, 0.3) is 0 Å². The average molecular weight is 194 g/mol. The predicted octanol–water partition coefficient (Wildman–Crippen LogP) is 2.71. The summed E-state index contributed by atoms with van der Waals surface area (Å²) in [5, 5.41) is 0. The molecule has 78 valence electrons. The lowest BCUT2D eigenvalue weighted by atomic mass is 9.82. The number of esters is 1. The molecule has 0 spiro atoms. The maximum Gasteiger partial charge on any atom is 0.334 e. The zero-order valence-corrected chi connectivity index (χ0v) is 9.33. The molecule has 2 atom stereocenters. The van der Waals surface area contributed by atoms with Crippen LogP contribution < -0.4 is 0 Å². The Hall–Kier alpha value is -1.05. The molecule has 2 nitrogen and oxygen atoms in total. The molecule has 0 aromatic carbocycles. The van der Waals surface area contributed by atoms with E-state index in [4.69, 9.17) is 4.74 Å². The molecule has 1 aliphatic carbocycles. The van der Waals surface area contributed by atoms with Gasteiger partial charge in [-0.1, -0.05) is 26.0 Å². The van der Waals surface area contributed by atoms with Gasteiger partial charge in [-0.2, -0.15) is 0 Å². The van der Waals surface area contributed by atoms with Crippen LogP contribution in [0.1, 0.15) is 27.7 Å². The largest absolute Gasteiger partial charge is 0.463 e. The Bertz CT molecular complexity index is 287. The molecular formula is C12H18O2. The molecule has 0 aliphatic heterocycles. The Balaban J connectivity index is 2.92. The van der Waals surface area contributed by atoms with Gasteiger partial charge in [0.2, 0.25) is 0 Å². The maximum absolute atomic E-state index is 11.7. The van der Waals surface area contributed by atoms with Crippen LogP contribution in [0.2, 0.25) is 0 Å². The van der Waals surface area contributed by atoms with Gasteiger partial charge in [-0.05, 0) is 31.3 Å². The smallest absolute Gasteiger partial charge is 0.334 e. The molecule has 14 heavy (non-hydrogen) atoms. The summed E-state index contributed by atoms with van der Waals surface area (Å²) in [5.74, 6) is 0.519. The van der Waals surface area contributed by atoms with Gasteiger partial charge in [0.15, 0.2) is 0 Å². The van der Waals surface area contributed by atoms with Gasteiger partial charge in [-0.25, -0.2) is 4.79 Å². The van der Waals surface area contributed by atoms with Crippen LogP contribution in [0.25, 0.3) is 0 Å². The molecule has 1 rings (SSSR count). The fourth-order valence-corrected chi connectivity index (χ4v) is 1.73. The van der Waals surface area contributed by atoms with Crippen molar-refractivity contribution in [1.29, 1.82) is 0 Å². The number of carbonyl (C=O) groups excluding carboxylic acids is 1. The van der Waals surface area contributed by atoms with E-state index in [1.807, 2.05) is 19.9 Å². The molecule has 0 aromatic heterocycles. The normalized spacial score (nSPS) is 26.6.